The molecule has 1 saturated heterocycles. The summed E-state index contributed by atoms with van der Waals surface area (Å²) in [4.78, 5) is 17.0. The Hall–Kier alpha value is -2.43. The molecule has 0 saturated carbocycles. The molecular weight excluding hydrogens is 395 g/mol. The van der Waals surface area contributed by atoms with E-state index in [1.54, 1.807) is 12.1 Å². The summed E-state index contributed by atoms with van der Waals surface area (Å²) in [6, 6.07) is 17.2. The van der Waals surface area contributed by atoms with E-state index in [-0.39, 0.29) is 11.9 Å². The first-order valence-corrected chi connectivity index (χ1v) is 9.89. The van der Waals surface area contributed by atoms with Crippen LogP contribution in [0.5, 0.6) is 0 Å². The molecule has 4 nitrogen and oxygen atoms in total. The molecule has 1 aliphatic heterocycles. The zero-order valence-corrected chi connectivity index (χ0v) is 17.0. The van der Waals surface area contributed by atoms with Crippen molar-refractivity contribution in [2.45, 2.75) is 13.0 Å². The van der Waals surface area contributed by atoms with Gasteiger partial charge in [0, 0.05) is 35.4 Å². The van der Waals surface area contributed by atoms with E-state index in [2.05, 4.69) is 11.8 Å². The maximum atomic E-state index is 12.8. The highest BCUT2D eigenvalue weighted by atomic mass is 35.5. The predicted molar refractivity (Wildman–Crippen MR) is 112 cm³/mol. The van der Waals surface area contributed by atoms with Gasteiger partial charge in [0.2, 0.25) is 0 Å². The number of furan rings is 1. The molecule has 6 heteroatoms. The van der Waals surface area contributed by atoms with E-state index < -0.39 is 0 Å². The van der Waals surface area contributed by atoms with Gasteiger partial charge in [-0.3, -0.25) is 4.79 Å². The molecule has 0 bridgehead atoms. The van der Waals surface area contributed by atoms with Crippen LogP contribution in [0.25, 0.3) is 0 Å². The van der Waals surface area contributed by atoms with Crippen LogP contribution >= 0.6 is 23.2 Å². The summed E-state index contributed by atoms with van der Waals surface area (Å²) >= 11 is 12.2. The number of carbonyl (C=O) groups is 1. The third kappa shape index (κ3) is 3.75. The molecule has 2 heterocycles. The minimum Gasteiger partial charge on any atom is -0.459 e. The van der Waals surface area contributed by atoms with E-state index in [4.69, 9.17) is 27.6 Å². The number of aryl methyl sites for hydroxylation is 1. The van der Waals surface area contributed by atoms with E-state index >= 15 is 0 Å². The first-order valence-electron chi connectivity index (χ1n) is 9.14. The molecule has 144 valence electrons. The average Bonchev–Trinajstić information content (AvgIpc) is 3.23. The fourth-order valence-corrected chi connectivity index (χ4v) is 4.08. The summed E-state index contributed by atoms with van der Waals surface area (Å²) in [6.07, 6.45) is 1.53. The van der Waals surface area contributed by atoms with Gasteiger partial charge in [0.1, 0.15) is 0 Å². The van der Waals surface area contributed by atoms with E-state index in [0.29, 0.717) is 30.4 Å². The normalized spacial score (nSPS) is 17.0. The standard InChI is InChI=1S/C22H20Cl2N2O2/c1-15-13-18(24)8-9-19(15)26-11-10-25(22(27)21-3-2-12-28-21)14-20(26)16-4-6-17(23)7-5-16/h2-9,12-13,20H,10-11,14H2,1H3. The number of piperazine rings is 1. The van der Waals surface area contributed by atoms with Crippen LogP contribution in [0.15, 0.2) is 65.3 Å². The van der Waals surface area contributed by atoms with Crippen molar-refractivity contribution < 1.29 is 9.21 Å². The maximum Gasteiger partial charge on any atom is 0.289 e. The lowest BCUT2D eigenvalue weighted by atomic mass is 10.00. The molecule has 3 aromatic rings. The van der Waals surface area contributed by atoms with Crippen LogP contribution < -0.4 is 4.90 Å². The van der Waals surface area contributed by atoms with Crippen molar-refractivity contribution in [3.05, 3.63) is 87.8 Å². The van der Waals surface area contributed by atoms with Gasteiger partial charge in [0.25, 0.3) is 5.91 Å². The number of nitrogens with zero attached hydrogens (tertiary/aromatic N) is 2. The van der Waals surface area contributed by atoms with Crippen LogP contribution in [-0.4, -0.2) is 30.4 Å². The van der Waals surface area contributed by atoms with Crippen LogP contribution in [0.1, 0.15) is 27.7 Å². The van der Waals surface area contributed by atoms with Crippen LogP contribution in [0.4, 0.5) is 5.69 Å². The first-order chi connectivity index (χ1) is 13.5. The second kappa shape index (κ2) is 7.90. The molecule has 1 aromatic heterocycles. The van der Waals surface area contributed by atoms with Crippen molar-refractivity contribution in [1.82, 2.24) is 4.90 Å². The Balaban J connectivity index is 1.68. The van der Waals surface area contributed by atoms with Crippen molar-refractivity contribution in [1.29, 1.82) is 0 Å². The van der Waals surface area contributed by atoms with Gasteiger partial charge in [-0.25, -0.2) is 0 Å². The summed E-state index contributed by atoms with van der Waals surface area (Å²) in [7, 11) is 0. The fourth-order valence-electron chi connectivity index (χ4n) is 3.72. The molecular formula is C22H20Cl2N2O2. The molecule has 1 amide bonds. The molecule has 1 aliphatic rings. The van der Waals surface area contributed by atoms with Gasteiger partial charge in [0.05, 0.1) is 12.3 Å². The SMILES string of the molecule is Cc1cc(Cl)ccc1N1CCN(C(=O)c2ccco2)CC1c1ccc(Cl)cc1. The number of hydrogen-bond acceptors (Lipinski definition) is 3. The zero-order chi connectivity index (χ0) is 19.7. The minimum atomic E-state index is -0.0866. The largest absolute Gasteiger partial charge is 0.459 e. The van der Waals surface area contributed by atoms with Gasteiger partial charge >= 0.3 is 0 Å². The summed E-state index contributed by atoms with van der Waals surface area (Å²) in [5, 5.41) is 1.41. The number of benzene rings is 2. The first kappa shape index (κ1) is 18.9. The molecule has 4 rings (SSSR count). The lowest BCUT2D eigenvalue weighted by molar-refractivity contribution is 0.0689. The summed E-state index contributed by atoms with van der Waals surface area (Å²) in [5.74, 6) is 0.280. The average molecular weight is 415 g/mol. The Morgan fingerprint density at radius 2 is 1.79 bits per heavy atom. The Labute approximate surface area is 174 Å². The topological polar surface area (TPSA) is 36.7 Å². The quantitative estimate of drug-likeness (QED) is 0.559. The predicted octanol–water partition coefficient (Wildman–Crippen LogP) is 5.60. The number of anilines is 1. The third-order valence-electron chi connectivity index (χ3n) is 5.12. The van der Waals surface area contributed by atoms with Crippen LogP contribution in [-0.2, 0) is 0 Å². The highest BCUT2D eigenvalue weighted by molar-refractivity contribution is 6.31. The molecule has 0 N–H and O–H groups in total. The monoisotopic (exact) mass is 414 g/mol. The third-order valence-corrected chi connectivity index (χ3v) is 5.61. The lowest BCUT2D eigenvalue weighted by Crippen LogP contribution is -2.50. The lowest BCUT2D eigenvalue weighted by Gasteiger charge is -2.43. The van der Waals surface area contributed by atoms with Crippen molar-refractivity contribution in [3.8, 4) is 0 Å². The van der Waals surface area contributed by atoms with Crippen molar-refractivity contribution in [2.24, 2.45) is 0 Å². The zero-order valence-electron chi connectivity index (χ0n) is 15.4. The second-order valence-corrected chi connectivity index (χ2v) is 7.79. The van der Waals surface area contributed by atoms with Gasteiger partial charge < -0.3 is 14.2 Å². The minimum absolute atomic E-state index is 0.00445. The smallest absolute Gasteiger partial charge is 0.289 e. The van der Waals surface area contributed by atoms with Gasteiger partial charge in [-0.05, 0) is 60.5 Å². The molecule has 0 radical (unpaired) electrons. The molecule has 1 fully saturated rings. The summed E-state index contributed by atoms with van der Waals surface area (Å²) in [6.45, 7) is 3.94. The van der Waals surface area contributed by atoms with Crippen molar-refractivity contribution >= 4 is 34.8 Å². The number of hydrogen-bond donors (Lipinski definition) is 0. The molecule has 0 aliphatic carbocycles. The van der Waals surface area contributed by atoms with Crippen molar-refractivity contribution in [3.63, 3.8) is 0 Å². The number of rotatable bonds is 3. The van der Waals surface area contributed by atoms with E-state index in [1.165, 1.54) is 6.26 Å². The maximum absolute atomic E-state index is 12.8. The van der Waals surface area contributed by atoms with Gasteiger partial charge in [0.15, 0.2) is 5.76 Å². The van der Waals surface area contributed by atoms with E-state index in [0.717, 1.165) is 21.8 Å². The number of carbonyl (C=O) groups excluding carboxylic acids is 1. The van der Waals surface area contributed by atoms with E-state index in [9.17, 15) is 4.79 Å². The Kier molecular flexibility index (Phi) is 5.33. The Bertz CT molecular complexity index is 971. The van der Waals surface area contributed by atoms with Crippen molar-refractivity contribution in [2.75, 3.05) is 24.5 Å². The highest BCUT2D eigenvalue weighted by Crippen LogP contribution is 2.34. The number of amides is 1. The summed E-state index contributed by atoms with van der Waals surface area (Å²) in [5.41, 5.74) is 3.34. The molecule has 1 atom stereocenters. The Morgan fingerprint density at radius 1 is 1.04 bits per heavy atom. The molecule has 28 heavy (non-hydrogen) atoms. The second-order valence-electron chi connectivity index (χ2n) is 6.92. The molecule has 2 aromatic carbocycles. The number of halogens is 2. The van der Waals surface area contributed by atoms with Crippen LogP contribution in [0, 0.1) is 6.92 Å². The van der Waals surface area contributed by atoms with Crippen LogP contribution in [0.2, 0.25) is 10.0 Å². The van der Waals surface area contributed by atoms with Gasteiger partial charge in [-0.2, -0.15) is 0 Å². The van der Waals surface area contributed by atoms with Gasteiger partial charge in [-0.15, -0.1) is 0 Å². The summed E-state index contributed by atoms with van der Waals surface area (Å²) < 4.78 is 5.31. The fraction of sp³-hybridized carbons (Fsp3) is 0.227. The van der Waals surface area contributed by atoms with Gasteiger partial charge in [-0.1, -0.05) is 35.3 Å². The molecule has 0 spiro atoms. The van der Waals surface area contributed by atoms with Crippen LogP contribution in [0.3, 0.4) is 0 Å². The van der Waals surface area contributed by atoms with E-state index in [1.807, 2.05) is 47.4 Å². The highest BCUT2D eigenvalue weighted by Gasteiger charge is 2.32. The Morgan fingerprint density at radius 3 is 2.46 bits per heavy atom. The molecule has 1 unspecified atom stereocenters.